The zero-order valence-corrected chi connectivity index (χ0v) is 17.5. The molecule has 0 spiro atoms. The topological polar surface area (TPSA) is 108 Å². The average Bonchev–Trinajstić information content (AvgIpc) is 3.42. The van der Waals surface area contributed by atoms with Crippen LogP contribution in [-0.2, 0) is 16.6 Å². The van der Waals surface area contributed by atoms with Gasteiger partial charge in [-0.2, -0.15) is 5.10 Å². The highest BCUT2D eigenvalue weighted by Gasteiger charge is 2.25. The maximum Gasteiger partial charge on any atom is 0.266 e. The van der Waals surface area contributed by atoms with Crippen molar-refractivity contribution in [2.45, 2.75) is 11.4 Å². The second-order valence-corrected chi connectivity index (χ2v) is 8.14. The van der Waals surface area contributed by atoms with E-state index >= 15 is 0 Å². The summed E-state index contributed by atoms with van der Waals surface area (Å²) in [5.74, 6) is 2.88. The van der Waals surface area contributed by atoms with Crippen LogP contribution in [0, 0.1) is 12.3 Å². The number of hydrogen-bond donors (Lipinski definition) is 1. The molecule has 0 aliphatic carbocycles. The maximum absolute atomic E-state index is 13.1. The van der Waals surface area contributed by atoms with Gasteiger partial charge in [-0.15, -0.1) is 6.42 Å². The van der Waals surface area contributed by atoms with E-state index in [1.54, 1.807) is 29.1 Å². The molecule has 0 saturated carbocycles. The third-order valence-corrected chi connectivity index (χ3v) is 5.94. The van der Waals surface area contributed by atoms with Gasteiger partial charge in [0.05, 0.1) is 26.3 Å². The highest BCUT2D eigenvalue weighted by Crippen LogP contribution is 2.36. The van der Waals surface area contributed by atoms with Crippen LogP contribution in [0.15, 0.2) is 58.2 Å². The van der Waals surface area contributed by atoms with E-state index in [0.717, 1.165) is 5.56 Å². The Morgan fingerprint density at radius 3 is 2.74 bits per heavy atom. The number of nitrogens with zero attached hydrogens (tertiary/aromatic N) is 3. The van der Waals surface area contributed by atoms with Crippen molar-refractivity contribution in [3.8, 4) is 23.8 Å². The molecule has 0 fully saturated rings. The van der Waals surface area contributed by atoms with Gasteiger partial charge in [0.25, 0.3) is 10.0 Å². The fourth-order valence-electron chi connectivity index (χ4n) is 3.23. The van der Waals surface area contributed by atoms with Crippen LogP contribution in [0.5, 0.6) is 11.5 Å². The normalized spacial score (nSPS) is 11.3. The molecule has 10 heteroatoms. The van der Waals surface area contributed by atoms with Crippen molar-refractivity contribution in [1.29, 1.82) is 0 Å². The molecule has 1 N–H and O–H groups in total. The van der Waals surface area contributed by atoms with Crippen molar-refractivity contribution in [2.75, 3.05) is 18.9 Å². The molecule has 0 aliphatic heterocycles. The molecule has 0 aliphatic rings. The number of benzene rings is 2. The zero-order chi connectivity index (χ0) is 22.0. The zero-order valence-electron chi connectivity index (χ0n) is 16.7. The first kappa shape index (κ1) is 20.3. The Labute approximate surface area is 178 Å². The van der Waals surface area contributed by atoms with Crippen molar-refractivity contribution < 1.29 is 22.4 Å². The van der Waals surface area contributed by atoms with Crippen LogP contribution in [0.4, 0.5) is 5.82 Å². The standard InChI is InChI=1S/C21H18N4O5S/c1-4-15-7-5-8-18(20(15)29-3)31(26,27)24-21-19-16(28-2)11-14(12-17(19)30-23-21)13-25-10-6-9-22-25/h1,5-12H,13H2,2-3H3,(H,23,24). The van der Waals surface area contributed by atoms with Gasteiger partial charge in [0.2, 0.25) is 0 Å². The van der Waals surface area contributed by atoms with E-state index in [0.29, 0.717) is 28.8 Å². The van der Waals surface area contributed by atoms with Crippen LogP contribution < -0.4 is 14.2 Å². The number of fused-ring (bicyclic) bond motifs is 1. The highest BCUT2D eigenvalue weighted by molar-refractivity contribution is 7.92. The average molecular weight is 438 g/mol. The molecular formula is C21H18N4O5S. The quantitative estimate of drug-likeness (QED) is 0.442. The molecular weight excluding hydrogens is 420 g/mol. The first-order valence-electron chi connectivity index (χ1n) is 9.07. The first-order valence-corrected chi connectivity index (χ1v) is 10.6. The summed E-state index contributed by atoms with van der Waals surface area (Å²) in [4.78, 5) is -0.115. The molecule has 0 unspecified atom stereocenters. The van der Waals surface area contributed by atoms with Gasteiger partial charge in [0.15, 0.2) is 17.2 Å². The molecule has 0 amide bonds. The molecule has 9 nitrogen and oxygen atoms in total. The Bertz CT molecular complexity index is 1390. The lowest BCUT2D eigenvalue weighted by atomic mass is 10.1. The van der Waals surface area contributed by atoms with Gasteiger partial charge in [-0.3, -0.25) is 9.40 Å². The Morgan fingerprint density at radius 1 is 1.23 bits per heavy atom. The number of hydrogen-bond acceptors (Lipinski definition) is 7. The minimum absolute atomic E-state index is 0.00865. The maximum atomic E-state index is 13.1. The molecule has 2 aromatic heterocycles. The fraction of sp³-hybridized carbons (Fsp3) is 0.143. The number of terminal acetylenes is 1. The third kappa shape index (κ3) is 3.78. The van der Waals surface area contributed by atoms with Crippen LogP contribution in [-0.4, -0.2) is 37.6 Å². The van der Waals surface area contributed by atoms with Crippen molar-refractivity contribution >= 4 is 26.8 Å². The van der Waals surface area contributed by atoms with E-state index in [1.807, 2.05) is 12.3 Å². The van der Waals surface area contributed by atoms with Crippen molar-refractivity contribution in [3.63, 3.8) is 0 Å². The van der Waals surface area contributed by atoms with E-state index in [-0.39, 0.29) is 16.5 Å². The van der Waals surface area contributed by atoms with E-state index in [9.17, 15) is 8.42 Å². The molecule has 4 aromatic rings. The van der Waals surface area contributed by atoms with Crippen LogP contribution in [0.25, 0.3) is 11.0 Å². The molecule has 158 valence electrons. The van der Waals surface area contributed by atoms with Gasteiger partial charge < -0.3 is 14.0 Å². The lowest BCUT2D eigenvalue weighted by molar-refractivity contribution is 0.401. The van der Waals surface area contributed by atoms with Gasteiger partial charge in [0, 0.05) is 12.4 Å². The minimum Gasteiger partial charge on any atom is -0.496 e. The molecule has 31 heavy (non-hydrogen) atoms. The van der Waals surface area contributed by atoms with Gasteiger partial charge in [-0.1, -0.05) is 17.1 Å². The summed E-state index contributed by atoms with van der Waals surface area (Å²) >= 11 is 0. The number of sulfonamides is 1. The monoisotopic (exact) mass is 438 g/mol. The number of ether oxygens (including phenoxy) is 2. The predicted molar refractivity (Wildman–Crippen MR) is 114 cm³/mol. The minimum atomic E-state index is -4.09. The SMILES string of the molecule is C#Cc1cccc(S(=O)(=O)Nc2noc3cc(Cn4cccn4)cc(OC)c23)c1OC. The van der Waals surface area contributed by atoms with Gasteiger partial charge >= 0.3 is 0 Å². The van der Waals surface area contributed by atoms with Crippen molar-refractivity contribution in [3.05, 3.63) is 59.9 Å². The third-order valence-electron chi connectivity index (χ3n) is 4.58. The Balaban J connectivity index is 1.75. The Hall–Kier alpha value is -3.97. The fourth-order valence-corrected chi connectivity index (χ4v) is 4.43. The van der Waals surface area contributed by atoms with E-state index in [1.165, 1.54) is 26.4 Å². The Morgan fingerprint density at radius 2 is 2.06 bits per heavy atom. The summed E-state index contributed by atoms with van der Waals surface area (Å²) in [6.45, 7) is 0.483. The van der Waals surface area contributed by atoms with Crippen LogP contribution in [0.2, 0.25) is 0 Å². The summed E-state index contributed by atoms with van der Waals surface area (Å²) < 4.78 is 46.4. The second kappa shape index (κ2) is 8.04. The molecule has 2 aromatic carbocycles. The molecule has 2 heterocycles. The van der Waals surface area contributed by atoms with E-state index in [4.69, 9.17) is 20.4 Å². The molecule has 0 saturated heterocycles. The summed E-state index contributed by atoms with van der Waals surface area (Å²) in [6, 6.07) is 9.87. The van der Waals surface area contributed by atoms with Gasteiger partial charge in [-0.05, 0) is 35.9 Å². The van der Waals surface area contributed by atoms with Crippen LogP contribution in [0.1, 0.15) is 11.1 Å². The smallest absolute Gasteiger partial charge is 0.266 e. The molecule has 0 bridgehead atoms. The van der Waals surface area contributed by atoms with Crippen molar-refractivity contribution in [1.82, 2.24) is 14.9 Å². The molecule has 0 radical (unpaired) electrons. The second-order valence-electron chi connectivity index (χ2n) is 6.49. The predicted octanol–water partition coefficient (Wildman–Crippen LogP) is 2.87. The number of methoxy groups -OCH3 is 2. The first-order chi connectivity index (χ1) is 15.0. The lowest BCUT2D eigenvalue weighted by Gasteiger charge is -2.12. The van der Waals surface area contributed by atoms with Crippen LogP contribution in [0.3, 0.4) is 0 Å². The highest BCUT2D eigenvalue weighted by atomic mass is 32.2. The summed E-state index contributed by atoms with van der Waals surface area (Å²) in [5, 5.41) is 8.47. The van der Waals surface area contributed by atoms with E-state index in [2.05, 4.69) is 20.9 Å². The van der Waals surface area contributed by atoms with E-state index < -0.39 is 10.0 Å². The number of aromatic nitrogens is 3. The largest absolute Gasteiger partial charge is 0.496 e. The summed E-state index contributed by atoms with van der Waals surface area (Å²) in [5.41, 5.74) is 1.53. The number of para-hydroxylation sites is 1. The molecule has 4 rings (SSSR count). The summed E-state index contributed by atoms with van der Waals surface area (Å²) in [7, 11) is -1.25. The lowest BCUT2D eigenvalue weighted by Crippen LogP contribution is -2.15. The van der Waals surface area contributed by atoms with Gasteiger partial charge in [0.1, 0.15) is 16.0 Å². The number of rotatable bonds is 7. The molecule has 0 atom stereocenters. The Kier molecular flexibility index (Phi) is 5.27. The van der Waals surface area contributed by atoms with Crippen LogP contribution >= 0.6 is 0 Å². The van der Waals surface area contributed by atoms with Gasteiger partial charge in [-0.25, -0.2) is 8.42 Å². The summed E-state index contributed by atoms with van der Waals surface area (Å²) in [6.07, 6.45) is 8.96. The van der Waals surface area contributed by atoms with Crippen molar-refractivity contribution in [2.24, 2.45) is 0 Å². The number of anilines is 1. The number of nitrogens with one attached hydrogen (secondary N) is 1.